The molecule has 1 aromatic carbocycles. The number of ether oxygens (including phenoxy) is 2. The van der Waals surface area contributed by atoms with Crippen LogP contribution in [0.2, 0.25) is 0 Å². The van der Waals surface area contributed by atoms with E-state index in [-0.39, 0.29) is 17.9 Å². The van der Waals surface area contributed by atoms with Gasteiger partial charge in [0.15, 0.2) is 0 Å². The fourth-order valence-corrected chi connectivity index (χ4v) is 2.70. The minimum absolute atomic E-state index is 0.0775. The molecule has 1 aliphatic heterocycles. The highest BCUT2D eigenvalue weighted by Gasteiger charge is 2.26. The topological polar surface area (TPSA) is 81.9 Å². The summed E-state index contributed by atoms with van der Waals surface area (Å²) < 4.78 is 58.1. The van der Waals surface area contributed by atoms with Crippen molar-refractivity contribution in [3.8, 4) is 11.5 Å². The molecule has 27 heavy (non-hydrogen) atoms. The summed E-state index contributed by atoms with van der Waals surface area (Å²) in [7, 11) is 0. The molecule has 2 N–H and O–H groups in total. The number of hydrogen-bond donors (Lipinski definition) is 1. The van der Waals surface area contributed by atoms with Crippen molar-refractivity contribution in [2.24, 2.45) is 11.7 Å². The number of carbonyl (C=O) groups excluding carboxylic acids is 2. The van der Waals surface area contributed by atoms with E-state index >= 15 is 0 Å². The van der Waals surface area contributed by atoms with E-state index in [9.17, 15) is 27.2 Å². The maximum atomic E-state index is 12.5. The van der Waals surface area contributed by atoms with Gasteiger partial charge in [-0.05, 0) is 31.1 Å². The molecule has 0 spiro atoms. The van der Waals surface area contributed by atoms with Gasteiger partial charge in [0.1, 0.15) is 11.5 Å². The van der Waals surface area contributed by atoms with Gasteiger partial charge in [0.25, 0.3) is 0 Å². The van der Waals surface area contributed by atoms with Gasteiger partial charge in [0.05, 0.1) is 5.92 Å². The molecule has 2 amide bonds. The van der Waals surface area contributed by atoms with Crippen LogP contribution in [0.25, 0.3) is 6.08 Å². The first-order chi connectivity index (χ1) is 12.8. The SMILES string of the molecule is NC(=O)C1CCCN(C(=O)/C=C/c2ccc(OC(F)F)cc2OC(F)F)C1. The lowest BCUT2D eigenvalue weighted by molar-refractivity contribution is -0.130. The van der Waals surface area contributed by atoms with E-state index < -0.39 is 36.7 Å². The van der Waals surface area contributed by atoms with Gasteiger partial charge >= 0.3 is 13.2 Å². The Bertz CT molecular complexity index is 712. The van der Waals surface area contributed by atoms with Gasteiger partial charge in [-0.25, -0.2) is 0 Å². The summed E-state index contributed by atoms with van der Waals surface area (Å²) in [4.78, 5) is 25.0. The van der Waals surface area contributed by atoms with Crippen LogP contribution < -0.4 is 15.2 Å². The fourth-order valence-electron chi connectivity index (χ4n) is 2.70. The lowest BCUT2D eigenvalue weighted by Gasteiger charge is -2.30. The Morgan fingerprint density at radius 3 is 2.52 bits per heavy atom. The predicted octanol–water partition coefficient (Wildman–Crippen LogP) is 2.63. The van der Waals surface area contributed by atoms with Crippen molar-refractivity contribution in [2.45, 2.75) is 26.1 Å². The summed E-state index contributed by atoms with van der Waals surface area (Å²) in [6.45, 7) is -5.69. The van der Waals surface area contributed by atoms with Gasteiger partial charge in [-0.2, -0.15) is 17.6 Å². The molecule has 148 valence electrons. The number of piperidine rings is 1. The number of alkyl halides is 4. The van der Waals surface area contributed by atoms with E-state index in [1.165, 1.54) is 17.0 Å². The largest absolute Gasteiger partial charge is 0.435 e. The molecular formula is C17H18F4N2O4. The normalized spacial score (nSPS) is 17.6. The molecule has 6 nitrogen and oxygen atoms in total. The fraction of sp³-hybridized carbons (Fsp3) is 0.412. The number of benzene rings is 1. The average Bonchev–Trinajstić information content (AvgIpc) is 2.60. The Morgan fingerprint density at radius 2 is 1.89 bits per heavy atom. The molecule has 0 saturated carbocycles. The summed E-state index contributed by atoms with van der Waals surface area (Å²) in [5.41, 5.74) is 5.34. The Kier molecular flexibility index (Phi) is 7.03. The van der Waals surface area contributed by atoms with Crippen LogP contribution in [-0.4, -0.2) is 43.0 Å². The highest BCUT2D eigenvalue weighted by molar-refractivity contribution is 5.92. The third kappa shape index (κ3) is 6.15. The number of amides is 2. The quantitative estimate of drug-likeness (QED) is 0.573. The molecule has 10 heteroatoms. The third-order valence-corrected chi connectivity index (χ3v) is 3.97. The van der Waals surface area contributed by atoms with E-state index in [0.29, 0.717) is 19.4 Å². The van der Waals surface area contributed by atoms with E-state index in [2.05, 4.69) is 9.47 Å². The number of halogens is 4. The molecule has 1 fully saturated rings. The number of likely N-dealkylation sites (tertiary alicyclic amines) is 1. The summed E-state index contributed by atoms with van der Waals surface area (Å²) in [6.07, 6.45) is 3.57. The Morgan fingerprint density at radius 1 is 1.19 bits per heavy atom. The van der Waals surface area contributed by atoms with Gasteiger partial charge in [-0.1, -0.05) is 0 Å². The lowest BCUT2D eigenvalue weighted by Crippen LogP contribution is -2.43. The third-order valence-electron chi connectivity index (χ3n) is 3.97. The molecular weight excluding hydrogens is 372 g/mol. The van der Waals surface area contributed by atoms with Crippen molar-refractivity contribution >= 4 is 17.9 Å². The van der Waals surface area contributed by atoms with Crippen molar-refractivity contribution in [1.29, 1.82) is 0 Å². The van der Waals surface area contributed by atoms with Crippen LogP contribution >= 0.6 is 0 Å². The number of nitrogens with two attached hydrogens (primary N) is 1. The Labute approximate surface area is 152 Å². The van der Waals surface area contributed by atoms with E-state index in [0.717, 1.165) is 18.2 Å². The molecule has 1 atom stereocenters. The molecule has 1 heterocycles. The zero-order valence-corrected chi connectivity index (χ0v) is 14.1. The van der Waals surface area contributed by atoms with E-state index in [1.807, 2.05) is 0 Å². The Balaban J connectivity index is 2.14. The highest BCUT2D eigenvalue weighted by Crippen LogP contribution is 2.28. The molecule has 0 aromatic heterocycles. The smallest absolute Gasteiger partial charge is 0.387 e. The van der Waals surface area contributed by atoms with Gasteiger partial charge in [0, 0.05) is 30.8 Å². The molecule has 1 saturated heterocycles. The van der Waals surface area contributed by atoms with Gasteiger partial charge in [0.2, 0.25) is 11.8 Å². The van der Waals surface area contributed by atoms with Crippen LogP contribution in [0.4, 0.5) is 17.6 Å². The van der Waals surface area contributed by atoms with Crippen molar-refractivity contribution < 1.29 is 36.6 Å². The minimum atomic E-state index is -3.19. The second kappa shape index (κ2) is 9.24. The van der Waals surface area contributed by atoms with E-state index in [4.69, 9.17) is 5.73 Å². The molecule has 1 aliphatic rings. The minimum Gasteiger partial charge on any atom is -0.435 e. The second-order valence-electron chi connectivity index (χ2n) is 5.82. The molecule has 0 bridgehead atoms. The Hall–Kier alpha value is -2.78. The first-order valence-corrected chi connectivity index (χ1v) is 8.06. The molecule has 0 radical (unpaired) electrons. The summed E-state index contributed by atoms with van der Waals surface area (Å²) in [5.74, 6) is -2.12. The van der Waals surface area contributed by atoms with Crippen LogP contribution in [0, 0.1) is 5.92 Å². The van der Waals surface area contributed by atoms with Crippen LogP contribution in [0.1, 0.15) is 18.4 Å². The van der Waals surface area contributed by atoms with E-state index in [1.54, 1.807) is 0 Å². The number of rotatable bonds is 7. The van der Waals surface area contributed by atoms with Crippen molar-refractivity contribution in [1.82, 2.24) is 4.90 Å². The first kappa shape index (κ1) is 20.5. The van der Waals surface area contributed by atoms with Gasteiger partial charge < -0.3 is 20.1 Å². The molecule has 1 unspecified atom stereocenters. The molecule has 0 aliphatic carbocycles. The number of carbonyl (C=O) groups is 2. The van der Waals surface area contributed by atoms with Crippen LogP contribution in [-0.2, 0) is 9.59 Å². The first-order valence-electron chi connectivity index (χ1n) is 8.06. The predicted molar refractivity (Wildman–Crippen MR) is 87.2 cm³/mol. The number of primary amides is 1. The maximum Gasteiger partial charge on any atom is 0.387 e. The maximum absolute atomic E-state index is 12.5. The van der Waals surface area contributed by atoms with Gasteiger partial charge in [-0.15, -0.1) is 0 Å². The molecule has 2 rings (SSSR count). The summed E-state index contributed by atoms with van der Waals surface area (Å²) in [6, 6.07) is 3.23. The van der Waals surface area contributed by atoms with Crippen molar-refractivity contribution in [2.75, 3.05) is 13.1 Å². The standard InChI is InChI=1S/C17H18F4N2O4/c18-16(19)26-12-5-3-10(13(8-12)27-17(20)21)4-6-14(24)23-7-1-2-11(9-23)15(22)25/h3-6,8,11,16-17H,1-2,7,9H2,(H2,22,25)/b6-4+. The zero-order valence-electron chi connectivity index (χ0n) is 14.1. The zero-order chi connectivity index (χ0) is 20.0. The summed E-state index contributed by atoms with van der Waals surface area (Å²) >= 11 is 0. The van der Waals surface area contributed by atoms with Crippen LogP contribution in [0.5, 0.6) is 11.5 Å². The highest BCUT2D eigenvalue weighted by atomic mass is 19.3. The lowest BCUT2D eigenvalue weighted by atomic mass is 9.97. The monoisotopic (exact) mass is 390 g/mol. The second-order valence-corrected chi connectivity index (χ2v) is 5.82. The molecule has 1 aromatic rings. The van der Waals surface area contributed by atoms with Crippen molar-refractivity contribution in [3.05, 3.63) is 29.8 Å². The average molecular weight is 390 g/mol. The summed E-state index contributed by atoms with van der Waals surface area (Å²) in [5, 5.41) is 0. The van der Waals surface area contributed by atoms with Crippen LogP contribution in [0.3, 0.4) is 0 Å². The number of hydrogen-bond acceptors (Lipinski definition) is 4. The number of nitrogens with zero attached hydrogens (tertiary/aromatic N) is 1. The van der Waals surface area contributed by atoms with Crippen molar-refractivity contribution in [3.63, 3.8) is 0 Å². The van der Waals surface area contributed by atoms with Crippen LogP contribution in [0.15, 0.2) is 24.3 Å². The van der Waals surface area contributed by atoms with Gasteiger partial charge in [-0.3, -0.25) is 9.59 Å².